The molecule has 0 bridgehead atoms. The quantitative estimate of drug-likeness (QED) is 0.574. The topological polar surface area (TPSA) is 55.8 Å². The van der Waals surface area contributed by atoms with Crippen molar-refractivity contribution in [1.82, 2.24) is 0 Å². The Labute approximate surface area is 180 Å². The van der Waals surface area contributed by atoms with Crippen molar-refractivity contribution >= 4 is 5.97 Å². The Hall–Kier alpha value is -1.91. The molecule has 162 valence electrons. The molecule has 1 unspecified atom stereocenters. The van der Waals surface area contributed by atoms with E-state index in [1.165, 1.54) is 29.4 Å². The first kappa shape index (κ1) is 21.3. The fraction of sp³-hybridized carbons (Fsp3) is 0.577. The lowest BCUT2D eigenvalue weighted by Crippen LogP contribution is -2.39. The molecule has 5 atom stereocenters. The van der Waals surface area contributed by atoms with E-state index in [1.54, 1.807) is 7.11 Å². The number of allylic oxidation sites excluding steroid dienone is 2. The normalized spacial score (nSPS) is 35.1. The number of fused-ring (bicyclic) bond motifs is 2. The standard InChI is InChI=1S/C26H34O4/c1-26-12-11-18(13-17-7-5-4-6-8-17)22(26)14-23(27)24(25(28)30-3)20-10-9-19(16-29-2)21(20)15-26/h4-8,15,19-20,23-24,27H,9-14,16H2,1-3H3/b21-15-/t19-,20?,23-,24+,26-/m1/s1. The van der Waals surface area contributed by atoms with Crippen molar-refractivity contribution in [2.45, 2.75) is 51.6 Å². The van der Waals surface area contributed by atoms with E-state index in [-0.39, 0.29) is 17.3 Å². The second kappa shape index (κ2) is 8.68. The Morgan fingerprint density at radius 2 is 1.97 bits per heavy atom. The summed E-state index contributed by atoms with van der Waals surface area (Å²) >= 11 is 0. The minimum atomic E-state index is -0.717. The molecule has 1 N–H and O–H groups in total. The maximum Gasteiger partial charge on any atom is 0.311 e. The van der Waals surface area contributed by atoms with E-state index >= 15 is 0 Å². The zero-order chi connectivity index (χ0) is 21.3. The van der Waals surface area contributed by atoms with E-state index in [0.29, 0.717) is 18.9 Å². The van der Waals surface area contributed by atoms with E-state index < -0.39 is 12.0 Å². The minimum Gasteiger partial charge on any atom is -0.469 e. The zero-order valence-electron chi connectivity index (χ0n) is 18.4. The first-order valence-electron chi connectivity index (χ1n) is 11.2. The summed E-state index contributed by atoms with van der Waals surface area (Å²) < 4.78 is 10.7. The first-order valence-corrected chi connectivity index (χ1v) is 11.2. The molecule has 1 aromatic carbocycles. The second-order valence-corrected chi connectivity index (χ2v) is 9.46. The van der Waals surface area contributed by atoms with Gasteiger partial charge in [-0.15, -0.1) is 0 Å². The lowest BCUT2D eigenvalue weighted by atomic mass is 9.69. The molecule has 0 aliphatic heterocycles. The van der Waals surface area contributed by atoms with Gasteiger partial charge in [-0.1, -0.05) is 60.1 Å². The third kappa shape index (κ3) is 3.88. The molecule has 0 saturated heterocycles. The van der Waals surface area contributed by atoms with Gasteiger partial charge in [0, 0.05) is 18.4 Å². The van der Waals surface area contributed by atoms with Crippen LogP contribution >= 0.6 is 0 Å². The number of carbonyl (C=O) groups is 1. The molecule has 1 fully saturated rings. The van der Waals surface area contributed by atoms with Gasteiger partial charge < -0.3 is 14.6 Å². The van der Waals surface area contributed by atoms with Crippen LogP contribution < -0.4 is 0 Å². The number of esters is 1. The summed E-state index contributed by atoms with van der Waals surface area (Å²) in [4.78, 5) is 12.7. The predicted octanol–water partition coefficient (Wildman–Crippen LogP) is 4.48. The summed E-state index contributed by atoms with van der Waals surface area (Å²) in [7, 11) is 3.17. The Morgan fingerprint density at radius 1 is 1.20 bits per heavy atom. The van der Waals surface area contributed by atoms with Gasteiger partial charge in [-0.3, -0.25) is 4.79 Å². The number of rotatable bonds is 5. The summed E-state index contributed by atoms with van der Waals surface area (Å²) in [5, 5.41) is 11.3. The molecular weight excluding hydrogens is 376 g/mol. The van der Waals surface area contributed by atoms with E-state index in [2.05, 4.69) is 37.3 Å². The maximum atomic E-state index is 12.7. The van der Waals surface area contributed by atoms with Crippen LogP contribution in [0.3, 0.4) is 0 Å². The lowest BCUT2D eigenvalue weighted by Gasteiger charge is -2.37. The SMILES string of the molecule is COC[C@H]1CCC2/C1=C\[C@@]1(C)CCC(Cc3ccccc3)=C1C[C@@H](O)[C@H]2C(=O)OC. The number of hydrogen-bond acceptors (Lipinski definition) is 4. The van der Waals surface area contributed by atoms with Crippen LogP contribution in [0.5, 0.6) is 0 Å². The van der Waals surface area contributed by atoms with Crippen LogP contribution in [-0.2, 0) is 20.7 Å². The summed E-state index contributed by atoms with van der Waals surface area (Å²) in [5.41, 5.74) is 5.28. The van der Waals surface area contributed by atoms with Crippen LogP contribution in [0.25, 0.3) is 0 Å². The molecule has 30 heavy (non-hydrogen) atoms. The van der Waals surface area contributed by atoms with Gasteiger partial charge in [0.1, 0.15) is 0 Å². The Morgan fingerprint density at radius 3 is 2.67 bits per heavy atom. The van der Waals surface area contributed by atoms with Crippen LogP contribution in [0.1, 0.15) is 44.6 Å². The fourth-order valence-corrected chi connectivity index (χ4v) is 6.13. The molecule has 0 radical (unpaired) electrons. The van der Waals surface area contributed by atoms with Crippen molar-refractivity contribution in [1.29, 1.82) is 0 Å². The number of carbonyl (C=O) groups excluding carboxylic acids is 1. The Bertz CT molecular complexity index is 840. The van der Waals surface area contributed by atoms with Gasteiger partial charge in [0.2, 0.25) is 0 Å². The molecule has 0 aromatic heterocycles. The third-order valence-corrected chi connectivity index (χ3v) is 7.64. The van der Waals surface area contributed by atoms with Gasteiger partial charge in [-0.05, 0) is 50.0 Å². The first-order chi connectivity index (χ1) is 14.5. The molecule has 3 aliphatic carbocycles. The highest BCUT2D eigenvalue weighted by Gasteiger charge is 2.48. The molecule has 0 spiro atoms. The molecule has 4 nitrogen and oxygen atoms in total. The van der Waals surface area contributed by atoms with Gasteiger partial charge >= 0.3 is 5.97 Å². The Balaban J connectivity index is 1.78. The summed E-state index contributed by atoms with van der Waals surface area (Å²) in [6, 6.07) is 10.5. The lowest BCUT2D eigenvalue weighted by molar-refractivity contribution is -0.151. The van der Waals surface area contributed by atoms with Crippen LogP contribution in [0.4, 0.5) is 0 Å². The number of aliphatic hydroxyl groups is 1. The van der Waals surface area contributed by atoms with Crippen molar-refractivity contribution in [2.24, 2.45) is 23.2 Å². The monoisotopic (exact) mass is 410 g/mol. The van der Waals surface area contributed by atoms with E-state index in [4.69, 9.17) is 9.47 Å². The van der Waals surface area contributed by atoms with Crippen LogP contribution in [0, 0.1) is 23.2 Å². The number of ether oxygens (including phenoxy) is 2. The molecule has 0 heterocycles. The molecule has 1 saturated carbocycles. The molecule has 4 rings (SSSR count). The molecule has 4 heteroatoms. The third-order valence-electron chi connectivity index (χ3n) is 7.64. The minimum absolute atomic E-state index is 0.0455. The van der Waals surface area contributed by atoms with Crippen molar-refractivity contribution in [3.63, 3.8) is 0 Å². The summed E-state index contributed by atoms with van der Waals surface area (Å²) in [6.45, 7) is 2.98. The largest absolute Gasteiger partial charge is 0.469 e. The van der Waals surface area contributed by atoms with E-state index in [1.807, 2.05) is 6.07 Å². The molecule has 1 aromatic rings. The van der Waals surface area contributed by atoms with Crippen molar-refractivity contribution in [2.75, 3.05) is 20.8 Å². The number of benzene rings is 1. The van der Waals surface area contributed by atoms with Crippen molar-refractivity contribution in [3.8, 4) is 0 Å². The zero-order valence-corrected chi connectivity index (χ0v) is 18.4. The highest BCUT2D eigenvalue weighted by molar-refractivity contribution is 5.74. The van der Waals surface area contributed by atoms with Crippen LogP contribution in [-0.4, -0.2) is 38.0 Å². The summed E-state index contributed by atoms with van der Waals surface area (Å²) in [5.74, 6) is -0.431. The fourth-order valence-electron chi connectivity index (χ4n) is 6.13. The molecule has 0 amide bonds. The van der Waals surface area contributed by atoms with Gasteiger partial charge in [-0.2, -0.15) is 0 Å². The van der Waals surface area contributed by atoms with Gasteiger partial charge in [0.25, 0.3) is 0 Å². The number of hydrogen-bond donors (Lipinski definition) is 1. The smallest absolute Gasteiger partial charge is 0.311 e. The van der Waals surface area contributed by atoms with Gasteiger partial charge in [-0.25, -0.2) is 0 Å². The molecule has 3 aliphatic rings. The maximum absolute atomic E-state index is 12.7. The average molecular weight is 411 g/mol. The molecular formula is C26H34O4. The second-order valence-electron chi connectivity index (χ2n) is 9.46. The van der Waals surface area contributed by atoms with Crippen LogP contribution in [0.2, 0.25) is 0 Å². The Kier molecular flexibility index (Phi) is 6.17. The van der Waals surface area contributed by atoms with E-state index in [9.17, 15) is 9.90 Å². The average Bonchev–Trinajstić information content (AvgIpc) is 3.24. The van der Waals surface area contributed by atoms with Crippen LogP contribution in [0.15, 0.2) is 53.1 Å². The highest BCUT2D eigenvalue weighted by atomic mass is 16.5. The van der Waals surface area contributed by atoms with Crippen molar-refractivity contribution < 1.29 is 19.4 Å². The number of aliphatic hydroxyl groups excluding tert-OH is 1. The van der Waals surface area contributed by atoms with Gasteiger partial charge in [0.15, 0.2) is 0 Å². The van der Waals surface area contributed by atoms with E-state index in [0.717, 1.165) is 32.1 Å². The predicted molar refractivity (Wildman–Crippen MR) is 117 cm³/mol. The van der Waals surface area contributed by atoms with Gasteiger partial charge in [0.05, 0.1) is 25.7 Å². The van der Waals surface area contributed by atoms with Crippen molar-refractivity contribution in [3.05, 3.63) is 58.7 Å². The highest BCUT2D eigenvalue weighted by Crippen LogP contribution is 2.54. The summed E-state index contributed by atoms with van der Waals surface area (Å²) in [6.07, 6.45) is 7.20. The number of methoxy groups -OCH3 is 2.